The number of aromatic nitrogens is 1. The van der Waals surface area contributed by atoms with Gasteiger partial charge in [0.15, 0.2) is 0 Å². The van der Waals surface area contributed by atoms with Crippen molar-refractivity contribution in [2.45, 2.75) is 0 Å². The fraction of sp³-hybridized carbons (Fsp3) is 0. The first-order valence-electron chi connectivity index (χ1n) is 7.53. The summed E-state index contributed by atoms with van der Waals surface area (Å²) in [5, 5.41) is 12.8. The molecule has 6 heteroatoms. The Bertz CT molecular complexity index is 1090. The normalized spacial score (nSPS) is 10.9. The molecule has 0 saturated heterocycles. The Morgan fingerprint density at radius 3 is 2.52 bits per heavy atom. The molecular weight excluding hydrogens is 356 g/mol. The number of nitro benzene ring substituents is 1. The summed E-state index contributed by atoms with van der Waals surface area (Å²) in [7, 11) is 0. The zero-order chi connectivity index (χ0) is 17.4. The highest BCUT2D eigenvalue weighted by Crippen LogP contribution is 2.40. The molecule has 3 aromatic carbocycles. The van der Waals surface area contributed by atoms with Crippen LogP contribution in [0.3, 0.4) is 0 Å². The maximum Gasteiger partial charge on any atom is 0.277 e. The van der Waals surface area contributed by atoms with Gasteiger partial charge in [0, 0.05) is 22.2 Å². The summed E-state index contributed by atoms with van der Waals surface area (Å²) < 4.78 is 0.909. The summed E-state index contributed by atoms with van der Waals surface area (Å²) >= 11 is 7.61. The molecule has 0 unspecified atom stereocenters. The molecule has 4 aromatic rings. The zero-order valence-electron chi connectivity index (χ0n) is 12.8. The summed E-state index contributed by atoms with van der Waals surface area (Å²) in [4.78, 5) is 15.7. The number of rotatable bonds is 3. The molecule has 4 nitrogen and oxygen atoms in total. The van der Waals surface area contributed by atoms with Crippen LogP contribution in [0.25, 0.3) is 31.9 Å². The van der Waals surface area contributed by atoms with Crippen molar-refractivity contribution < 1.29 is 4.92 Å². The molecule has 0 fully saturated rings. The van der Waals surface area contributed by atoms with Crippen molar-refractivity contribution in [3.05, 3.63) is 81.9 Å². The molecule has 1 aromatic heterocycles. The SMILES string of the molecule is O=[N+]([O-])c1ccc(Cl)cc1-c1cccc2nc(-c3ccccc3)sc12. The third-order valence-corrected chi connectivity index (χ3v) is 5.27. The summed E-state index contributed by atoms with van der Waals surface area (Å²) in [6.45, 7) is 0. The average molecular weight is 367 g/mol. The Morgan fingerprint density at radius 1 is 0.960 bits per heavy atom. The van der Waals surface area contributed by atoms with Gasteiger partial charge in [0.05, 0.1) is 20.7 Å². The largest absolute Gasteiger partial charge is 0.277 e. The van der Waals surface area contributed by atoms with Crippen LogP contribution in [-0.4, -0.2) is 9.91 Å². The maximum absolute atomic E-state index is 11.4. The van der Waals surface area contributed by atoms with Crippen LogP contribution in [0.5, 0.6) is 0 Å². The fourth-order valence-electron chi connectivity index (χ4n) is 2.75. The Labute approximate surface area is 152 Å². The molecule has 122 valence electrons. The summed E-state index contributed by atoms with van der Waals surface area (Å²) in [5.74, 6) is 0. The minimum Gasteiger partial charge on any atom is -0.258 e. The lowest BCUT2D eigenvalue weighted by Crippen LogP contribution is -1.92. The van der Waals surface area contributed by atoms with Crippen molar-refractivity contribution >= 4 is 38.8 Å². The van der Waals surface area contributed by atoms with Gasteiger partial charge in [-0.2, -0.15) is 0 Å². The molecule has 0 aliphatic rings. The highest BCUT2D eigenvalue weighted by atomic mass is 35.5. The molecule has 25 heavy (non-hydrogen) atoms. The van der Waals surface area contributed by atoms with Crippen molar-refractivity contribution in [1.82, 2.24) is 4.98 Å². The molecule has 0 amide bonds. The fourth-order valence-corrected chi connectivity index (χ4v) is 4.02. The van der Waals surface area contributed by atoms with Crippen molar-refractivity contribution in [2.24, 2.45) is 0 Å². The number of hydrogen-bond acceptors (Lipinski definition) is 4. The molecule has 0 saturated carbocycles. The number of benzene rings is 3. The molecule has 0 N–H and O–H groups in total. The van der Waals surface area contributed by atoms with E-state index in [1.165, 1.54) is 23.5 Å². The number of nitrogens with zero attached hydrogens (tertiary/aromatic N) is 2. The quantitative estimate of drug-likeness (QED) is 0.320. The standard InChI is InChI=1S/C19H11ClN2O2S/c20-13-9-10-17(22(23)24)15(11-13)14-7-4-8-16-18(14)25-19(21-16)12-5-2-1-3-6-12/h1-11H. The summed E-state index contributed by atoms with van der Waals surface area (Å²) in [5.41, 5.74) is 3.15. The lowest BCUT2D eigenvalue weighted by atomic mass is 10.0. The van der Waals surface area contributed by atoms with Gasteiger partial charge in [-0.1, -0.05) is 54.1 Å². The zero-order valence-corrected chi connectivity index (χ0v) is 14.4. The summed E-state index contributed by atoms with van der Waals surface area (Å²) in [6.07, 6.45) is 0. The van der Waals surface area contributed by atoms with Gasteiger partial charge in [0.25, 0.3) is 5.69 Å². The Hall–Kier alpha value is -2.76. The van der Waals surface area contributed by atoms with E-state index in [9.17, 15) is 10.1 Å². The van der Waals surface area contributed by atoms with E-state index in [4.69, 9.17) is 11.6 Å². The van der Waals surface area contributed by atoms with Gasteiger partial charge in [-0.15, -0.1) is 11.3 Å². The van der Waals surface area contributed by atoms with Crippen molar-refractivity contribution in [3.63, 3.8) is 0 Å². The highest BCUT2D eigenvalue weighted by Gasteiger charge is 2.19. The number of halogens is 1. The van der Waals surface area contributed by atoms with E-state index in [0.717, 1.165) is 26.4 Å². The number of nitro groups is 1. The first kappa shape index (κ1) is 15.7. The van der Waals surface area contributed by atoms with Gasteiger partial charge in [0.1, 0.15) is 5.01 Å². The van der Waals surface area contributed by atoms with Crippen molar-refractivity contribution in [2.75, 3.05) is 0 Å². The van der Waals surface area contributed by atoms with Crippen LogP contribution in [-0.2, 0) is 0 Å². The molecule has 0 atom stereocenters. The smallest absolute Gasteiger partial charge is 0.258 e. The van der Waals surface area contributed by atoms with E-state index in [1.54, 1.807) is 6.07 Å². The van der Waals surface area contributed by atoms with E-state index < -0.39 is 0 Å². The van der Waals surface area contributed by atoms with Gasteiger partial charge >= 0.3 is 0 Å². The second-order valence-electron chi connectivity index (χ2n) is 5.46. The number of fused-ring (bicyclic) bond motifs is 1. The van der Waals surface area contributed by atoms with Gasteiger partial charge in [-0.3, -0.25) is 10.1 Å². The predicted octanol–water partition coefficient (Wildman–Crippen LogP) is 6.19. The van der Waals surface area contributed by atoms with Gasteiger partial charge < -0.3 is 0 Å². The monoisotopic (exact) mass is 366 g/mol. The van der Waals surface area contributed by atoms with E-state index in [1.807, 2.05) is 48.5 Å². The molecule has 0 spiro atoms. The van der Waals surface area contributed by atoms with Crippen LogP contribution in [0.15, 0.2) is 66.7 Å². The summed E-state index contributed by atoms with van der Waals surface area (Å²) in [6, 6.07) is 20.1. The Morgan fingerprint density at radius 2 is 1.76 bits per heavy atom. The predicted molar refractivity (Wildman–Crippen MR) is 102 cm³/mol. The lowest BCUT2D eigenvalue weighted by Gasteiger charge is -2.05. The molecular formula is C19H11ClN2O2S. The molecule has 0 aliphatic carbocycles. The second kappa shape index (κ2) is 6.27. The second-order valence-corrected chi connectivity index (χ2v) is 6.89. The topological polar surface area (TPSA) is 56.0 Å². The van der Waals surface area contributed by atoms with Crippen molar-refractivity contribution in [1.29, 1.82) is 0 Å². The van der Waals surface area contributed by atoms with Gasteiger partial charge in [-0.05, 0) is 18.2 Å². The van der Waals surface area contributed by atoms with Crippen LogP contribution in [0.2, 0.25) is 5.02 Å². The minimum absolute atomic E-state index is 0.0339. The number of thiazole rings is 1. The van der Waals surface area contributed by atoms with Crippen LogP contribution in [0.4, 0.5) is 5.69 Å². The third-order valence-electron chi connectivity index (χ3n) is 3.88. The van der Waals surface area contributed by atoms with Crippen LogP contribution in [0, 0.1) is 10.1 Å². The van der Waals surface area contributed by atoms with Crippen molar-refractivity contribution in [3.8, 4) is 21.7 Å². The number of hydrogen-bond donors (Lipinski definition) is 0. The maximum atomic E-state index is 11.4. The minimum atomic E-state index is -0.385. The first-order chi connectivity index (χ1) is 12.1. The van der Waals surface area contributed by atoms with E-state index >= 15 is 0 Å². The molecule has 4 rings (SSSR count). The van der Waals surface area contributed by atoms with Gasteiger partial charge in [-0.25, -0.2) is 4.98 Å². The molecule has 0 aliphatic heterocycles. The van der Waals surface area contributed by atoms with Crippen LogP contribution < -0.4 is 0 Å². The first-order valence-corrected chi connectivity index (χ1v) is 8.72. The van der Waals surface area contributed by atoms with Gasteiger partial charge in [0.2, 0.25) is 0 Å². The Balaban J connectivity index is 1.97. The highest BCUT2D eigenvalue weighted by molar-refractivity contribution is 7.22. The van der Waals surface area contributed by atoms with E-state index in [0.29, 0.717) is 10.6 Å². The Kier molecular flexibility index (Phi) is 3.95. The van der Waals surface area contributed by atoms with E-state index in [2.05, 4.69) is 4.98 Å². The van der Waals surface area contributed by atoms with E-state index in [-0.39, 0.29) is 10.6 Å². The molecule has 1 heterocycles. The molecule has 0 radical (unpaired) electrons. The molecule has 0 bridgehead atoms. The van der Waals surface area contributed by atoms with Crippen LogP contribution in [0.1, 0.15) is 0 Å². The third kappa shape index (κ3) is 2.88. The lowest BCUT2D eigenvalue weighted by molar-refractivity contribution is -0.384. The van der Waals surface area contributed by atoms with Crippen LogP contribution >= 0.6 is 22.9 Å². The average Bonchev–Trinajstić information content (AvgIpc) is 3.06.